The van der Waals surface area contributed by atoms with Crippen molar-refractivity contribution in [1.29, 1.82) is 0 Å². The van der Waals surface area contributed by atoms with Gasteiger partial charge in [-0.1, -0.05) is 25.7 Å². The highest BCUT2D eigenvalue weighted by atomic mass is 16.3. The van der Waals surface area contributed by atoms with Crippen LogP contribution in [-0.2, 0) is 0 Å². The number of hydrogen-bond donors (Lipinski definition) is 4. The van der Waals surface area contributed by atoms with Crippen LogP contribution in [0.4, 0.5) is 0 Å². The maximum absolute atomic E-state index is 11.7. The van der Waals surface area contributed by atoms with E-state index in [-0.39, 0.29) is 17.4 Å². The molecule has 0 aliphatic heterocycles. The zero-order valence-corrected chi connectivity index (χ0v) is 17.4. The Morgan fingerprint density at radius 2 is 1.57 bits per heavy atom. The molecule has 5 fully saturated rings. The van der Waals surface area contributed by atoms with Crippen LogP contribution in [-0.4, -0.2) is 43.8 Å². The van der Waals surface area contributed by atoms with E-state index in [4.69, 9.17) is 5.11 Å². The highest BCUT2D eigenvalue weighted by Crippen LogP contribution is 2.71. The summed E-state index contributed by atoms with van der Waals surface area (Å²) in [4.78, 5) is 0. The van der Waals surface area contributed by atoms with Gasteiger partial charge in [-0.2, -0.15) is 0 Å². The van der Waals surface area contributed by atoms with Gasteiger partial charge in [0.05, 0.1) is 11.2 Å². The van der Waals surface area contributed by atoms with Gasteiger partial charge in [0.1, 0.15) is 12.2 Å². The van der Waals surface area contributed by atoms with Crippen LogP contribution >= 0.6 is 0 Å². The fourth-order valence-electron chi connectivity index (χ4n) is 8.78. The first kappa shape index (κ1) is 19.4. The largest absolute Gasteiger partial charge is 0.389 e. The number of aliphatic hydroxyl groups excluding tert-OH is 1. The van der Waals surface area contributed by atoms with Crippen molar-refractivity contribution < 1.29 is 20.4 Å². The van der Waals surface area contributed by atoms with Gasteiger partial charge in [-0.15, -0.1) is 0 Å². The van der Waals surface area contributed by atoms with Crippen molar-refractivity contribution in [3.05, 3.63) is 0 Å². The Morgan fingerprint density at radius 1 is 0.857 bits per heavy atom. The van der Waals surface area contributed by atoms with Crippen LogP contribution in [0.25, 0.3) is 0 Å². The quantitative estimate of drug-likeness (QED) is 0.481. The van der Waals surface area contributed by atoms with E-state index in [0.717, 1.165) is 51.4 Å². The third kappa shape index (κ3) is 2.17. The molecule has 0 aromatic rings. The fraction of sp³-hybridized carbons (Fsp3) is 0.917. The summed E-state index contributed by atoms with van der Waals surface area (Å²) in [7, 11) is 0. The minimum absolute atomic E-state index is 0.133. The summed E-state index contributed by atoms with van der Waals surface area (Å²) in [5, 5.41) is 43.2. The lowest BCUT2D eigenvalue weighted by Crippen LogP contribution is -2.69. The van der Waals surface area contributed by atoms with Gasteiger partial charge in [0.25, 0.3) is 0 Å². The third-order valence-corrected chi connectivity index (χ3v) is 10.7. The summed E-state index contributed by atoms with van der Waals surface area (Å²) in [6, 6.07) is 0. The molecule has 28 heavy (non-hydrogen) atoms. The molecule has 0 spiro atoms. The summed E-state index contributed by atoms with van der Waals surface area (Å²) < 4.78 is 0. The predicted molar refractivity (Wildman–Crippen MR) is 106 cm³/mol. The van der Waals surface area contributed by atoms with Crippen molar-refractivity contribution in [3.63, 3.8) is 0 Å². The maximum atomic E-state index is 11.7. The molecule has 5 rings (SSSR count). The monoisotopic (exact) mass is 388 g/mol. The van der Waals surface area contributed by atoms with Crippen molar-refractivity contribution in [3.8, 4) is 11.8 Å². The summed E-state index contributed by atoms with van der Waals surface area (Å²) in [6.07, 6.45) is 8.81. The first-order chi connectivity index (χ1) is 13.1. The van der Waals surface area contributed by atoms with Crippen molar-refractivity contribution in [2.75, 3.05) is 6.61 Å². The molecule has 4 nitrogen and oxygen atoms in total. The Morgan fingerprint density at radius 3 is 2.25 bits per heavy atom. The van der Waals surface area contributed by atoms with Crippen LogP contribution in [0.5, 0.6) is 0 Å². The number of aliphatic hydroxyl groups is 4. The average Bonchev–Trinajstić information content (AvgIpc) is 2.91. The minimum Gasteiger partial charge on any atom is -0.389 e. The second-order valence-corrected chi connectivity index (χ2v) is 11.4. The minimum atomic E-state index is -0.999. The Bertz CT molecular complexity index is 741. The topological polar surface area (TPSA) is 80.9 Å². The first-order valence-corrected chi connectivity index (χ1v) is 11.4. The van der Waals surface area contributed by atoms with Crippen LogP contribution in [0.1, 0.15) is 78.1 Å². The highest BCUT2D eigenvalue weighted by Gasteiger charge is 2.70. The predicted octanol–water partition coefficient (Wildman–Crippen LogP) is 2.62. The van der Waals surface area contributed by atoms with E-state index in [9.17, 15) is 15.3 Å². The molecule has 0 bridgehead atoms. The molecule has 9 atom stereocenters. The molecule has 0 heterocycles. The second-order valence-electron chi connectivity index (χ2n) is 11.4. The molecular formula is C24H36O4. The standard InChI is InChI=1S/C24H36O4/c1-20-9-6-19-17(18(20)7-12-23(20,27)8-3-13-25)5-11-24(28)15-22(26)10-4-16(22)14-21(19,24)2/h16-19,25-28H,4-7,9-15H2,1-2H3/t16?,17-,18-,19-,20-,21+,22+,23-,24-/m0/s1. The number of fused-ring (bicyclic) bond motifs is 6. The molecule has 0 amide bonds. The molecule has 4 heteroatoms. The van der Waals surface area contributed by atoms with E-state index in [2.05, 4.69) is 25.7 Å². The van der Waals surface area contributed by atoms with Crippen LogP contribution in [0, 0.1) is 46.3 Å². The Hall–Kier alpha value is -0.600. The molecule has 1 unspecified atom stereocenters. The molecule has 156 valence electrons. The number of hydrogen-bond acceptors (Lipinski definition) is 4. The van der Waals surface area contributed by atoms with Gasteiger partial charge in [0.15, 0.2) is 0 Å². The Labute approximate surface area is 168 Å². The highest BCUT2D eigenvalue weighted by molar-refractivity contribution is 5.27. The summed E-state index contributed by atoms with van der Waals surface area (Å²) in [5.41, 5.74) is -2.74. The van der Waals surface area contributed by atoms with E-state index in [1.54, 1.807) is 0 Å². The van der Waals surface area contributed by atoms with E-state index < -0.39 is 16.8 Å². The summed E-state index contributed by atoms with van der Waals surface area (Å²) in [5.74, 6) is 7.49. The molecule has 5 aliphatic rings. The molecule has 5 aliphatic carbocycles. The van der Waals surface area contributed by atoms with E-state index in [1.807, 2.05) is 0 Å². The van der Waals surface area contributed by atoms with Crippen molar-refractivity contribution in [2.45, 2.75) is 94.9 Å². The molecule has 0 radical (unpaired) electrons. The Balaban J connectivity index is 1.47. The van der Waals surface area contributed by atoms with Gasteiger partial charge in [-0.05, 0) is 86.9 Å². The lowest BCUT2D eigenvalue weighted by molar-refractivity contribution is -0.278. The molecule has 5 saturated carbocycles. The second kappa shape index (κ2) is 5.76. The smallest absolute Gasteiger partial charge is 0.131 e. The van der Waals surface area contributed by atoms with Gasteiger partial charge in [-0.3, -0.25) is 0 Å². The van der Waals surface area contributed by atoms with Crippen LogP contribution in [0.15, 0.2) is 0 Å². The first-order valence-electron chi connectivity index (χ1n) is 11.4. The molecular weight excluding hydrogens is 352 g/mol. The normalized spacial score (nSPS) is 59.6. The van der Waals surface area contributed by atoms with Gasteiger partial charge in [0.2, 0.25) is 0 Å². The van der Waals surface area contributed by atoms with E-state index in [0.29, 0.717) is 36.5 Å². The van der Waals surface area contributed by atoms with Crippen LogP contribution in [0.2, 0.25) is 0 Å². The molecule has 4 N–H and O–H groups in total. The van der Waals surface area contributed by atoms with Gasteiger partial charge in [-0.25, -0.2) is 0 Å². The van der Waals surface area contributed by atoms with Gasteiger partial charge < -0.3 is 20.4 Å². The van der Waals surface area contributed by atoms with Gasteiger partial charge in [0, 0.05) is 11.8 Å². The SMILES string of the molecule is C[C@]12CC[C@H]3[C@@H](CC[C@]4(O)C[C@]5(O)CCC5C[C@]34C)[C@@H]1CC[C@@]2(O)C#CCO. The van der Waals surface area contributed by atoms with Crippen LogP contribution in [0.3, 0.4) is 0 Å². The average molecular weight is 389 g/mol. The van der Waals surface area contributed by atoms with Crippen molar-refractivity contribution >= 4 is 0 Å². The summed E-state index contributed by atoms with van der Waals surface area (Å²) >= 11 is 0. The summed E-state index contributed by atoms with van der Waals surface area (Å²) in [6.45, 7) is 4.31. The van der Waals surface area contributed by atoms with Crippen molar-refractivity contribution in [2.24, 2.45) is 34.5 Å². The lowest BCUT2D eigenvalue weighted by atomic mass is 9.39. The third-order valence-electron chi connectivity index (χ3n) is 10.7. The maximum Gasteiger partial charge on any atom is 0.131 e. The molecule has 0 saturated heterocycles. The zero-order valence-electron chi connectivity index (χ0n) is 17.4. The van der Waals surface area contributed by atoms with Crippen LogP contribution < -0.4 is 0 Å². The van der Waals surface area contributed by atoms with Crippen molar-refractivity contribution in [1.82, 2.24) is 0 Å². The fourth-order valence-corrected chi connectivity index (χ4v) is 8.78. The van der Waals surface area contributed by atoms with E-state index in [1.165, 1.54) is 0 Å². The number of rotatable bonds is 0. The van der Waals surface area contributed by atoms with E-state index >= 15 is 0 Å². The Kier molecular flexibility index (Phi) is 3.98. The zero-order chi connectivity index (χ0) is 20.0. The molecule has 0 aromatic heterocycles. The lowest BCUT2D eigenvalue weighted by Gasteiger charge is -2.68. The molecule has 0 aromatic carbocycles. The van der Waals surface area contributed by atoms with Gasteiger partial charge >= 0.3 is 0 Å².